The highest BCUT2D eigenvalue weighted by molar-refractivity contribution is 6.00. The zero-order valence-corrected chi connectivity index (χ0v) is 13.6. The van der Waals surface area contributed by atoms with E-state index in [2.05, 4.69) is 0 Å². The Labute approximate surface area is 142 Å². The number of ketones is 1. The van der Waals surface area contributed by atoms with Gasteiger partial charge in [-0.25, -0.2) is 0 Å². The average Bonchev–Trinajstić information content (AvgIpc) is 2.67. The molecule has 0 spiro atoms. The SMILES string of the molecule is COC(C(=O)c1ccccc1)C(c1ccccc1)c1ccccc1. The summed E-state index contributed by atoms with van der Waals surface area (Å²) in [5.41, 5.74) is 2.81. The van der Waals surface area contributed by atoms with Gasteiger partial charge in [0.05, 0.1) is 0 Å². The fourth-order valence-electron chi connectivity index (χ4n) is 3.02. The van der Waals surface area contributed by atoms with Crippen LogP contribution in [0.4, 0.5) is 0 Å². The smallest absolute Gasteiger partial charge is 0.192 e. The molecule has 120 valence electrons. The van der Waals surface area contributed by atoms with E-state index in [0.717, 1.165) is 11.1 Å². The van der Waals surface area contributed by atoms with E-state index >= 15 is 0 Å². The first kappa shape index (κ1) is 16.2. The summed E-state index contributed by atoms with van der Waals surface area (Å²) >= 11 is 0. The lowest BCUT2D eigenvalue weighted by molar-refractivity contribution is 0.0557. The van der Waals surface area contributed by atoms with Crippen molar-refractivity contribution >= 4 is 5.78 Å². The number of benzene rings is 3. The molecule has 24 heavy (non-hydrogen) atoms. The van der Waals surface area contributed by atoms with Crippen molar-refractivity contribution in [2.24, 2.45) is 0 Å². The van der Waals surface area contributed by atoms with Crippen molar-refractivity contribution in [1.82, 2.24) is 0 Å². The second-order valence-corrected chi connectivity index (χ2v) is 5.69. The number of hydrogen-bond acceptors (Lipinski definition) is 2. The van der Waals surface area contributed by atoms with Crippen LogP contribution in [0.2, 0.25) is 0 Å². The molecule has 1 unspecified atom stereocenters. The molecule has 3 aromatic carbocycles. The minimum absolute atomic E-state index is 0.00388. The summed E-state index contributed by atoms with van der Waals surface area (Å²) < 4.78 is 5.69. The summed E-state index contributed by atoms with van der Waals surface area (Å²) in [4.78, 5) is 13.0. The first-order valence-corrected chi connectivity index (χ1v) is 8.03. The minimum Gasteiger partial charge on any atom is -0.372 e. The maximum atomic E-state index is 13.0. The van der Waals surface area contributed by atoms with Crippen molar-refractivity contribution in [2.45, 2.75) is 12.0 Å². The van der Waals surface area contributed by atoms with Crippen molar-refractivity contribution in [3.05, 3.63) is 108 Å². The quantitative estimate of drug-likeness (QED) is 0.615. The lowest BCUT2D eigenvalue weighted by atomic mass is 9.83. The lowest BCUT2D eigenvalue weighted by Gasteiger charge is -2.26. The Kier molecular flexibility index (Phi) is 5.19. The summed E-state index contributed by atoms with van der Waals surface area (Å²) in [6.45, 7) is 0. The van der Waals surface area contributed by atoms with Crippen LogP contribution >= 0.6 is 0 Å². The van der Waals surface area contributed by atoms with E-state index in [-0.39, 0.29) is 11.7 Å². The topological polar surface area (TPSA) is 26.3 Å². The van der Waals surface area contributed by atoms with Crippen LogP contribution in [-0.2, 0) is 4.74 Å². The summed E-state index contributed by atoms with van der Waals surface area (Å²) in [6, 6.07) is 29.4. The normalized spacial score (nSPS) is 12.1. The Balaban J connectivity index is 2.05. The van der Waals surface area contributed by atoms with Gasteiger partial charge in [0.2, 0.25) is 0 Å². The molecular weight excluding hydrogens is 296 g/mol. The van der Waals surface area contributed by atoms with Gasteiger partial charge in [0.15, 0.2) is 5.78 Å². The predicted molar refractivity (Wildman–Crippen MR) is 96.3 cm³/mol. The molecule has 0 radical (unpaired) electrons. The number of carbonyl (C=O) groups excluding carboxylic acids is 1. The maximum Gasteiger partial charge on any atom is 0.192 e. The molecule has 0 aliphatic rings. The number of carbonyl (C=O) groups is 1. The Bertz CT molecular complexity index is 727. The van der Waals surface area contributed by atoms with Gasteiger partial charge in [0.1, 0.15) is 6.10 Å². The Morgan fingerprint density at radius 2 is 1.12 bits per heavy atom. The van der Waals surface area contributed by atoms with Crippen LogP contribution < -0.4 is 0 Å². The summed E-state index contributed by atoms with van der Waals surface area (Å²) in [5.74, 6) is -0.152. The zero-order chi connectivity index (χ0) is 16.8. The predicted octanol–water partition coefficient (Wildman–Crippen LogP) is 4.72. The Morgan fingerprint density at radius 3 is 1.54 bits per heavy atom. The molecule has 0 saturated heterocycles. The number of rotatable bonds is 6. The third-order valence-corrected chi connectivity index (χ3v) is 4.19. The second kappa shape index (κ2) is 7.71. The van der Waals surface area contributed by atoms with Gasteiger partial charge >= 0.3 is 0 Å². The number of hydrogen-bond donors (Lipinski definition) is 0. The van der Waals surface area contributed by atoms with Crippen molar-refractivity contribution in [2.75, 3.05) is 7.11 Å². The van der Waals surface area contributed by atoms with Crippen molar-refractivity contribution in [3.8, 4) is 0 Å². The number of Topliss-reactive ketones (excluding diaryl/α,β-unsaturated/α-hetero) is 1. The fourth-order valence-corrected chi connectivity index (χ4v) is 3.02. The fraction of sp³-hybridized carbons (Fsp3) is 0.136. The van der Waals surface area contributed by atoms with Crippen LogP contribution in [0.3, 0.4) is 0 Å². The van der Waals surface area contributed by atoms with E-state index in [9.17, 15) is 4.79 Å². The molecule has 3 aromatic rings. The van der Waals surface area contributed by atoms with E-state index in [1.165, 1.54) is 0 Å². The molecule has 3 rings (SSSR count). The maximum absolute atomic E-state index is 13.0. The summed E-state index contributed by atoms with van der Waals surface area (Å²) in [6.07, 6.45) is -0.572. The summed E-state index contributed by atoms with van der Waals surface area (Å²) in [5, 5.41) is 0. The van der Waals surface area contributed by atoms with Gasteiger partial charge in [0.25, 0.3) is 0 Å². The third-order valence-electron chi connectivity index (χ3n) is 4.19. The van der Waals surface area contributed by atoms with E-state index in [0.29, 0.717) is 5.56 Å². The first-order chi connectivity index (χ1) is 11.8. The molecule has 0 heterocycles. The Hall–Kier alpha value is -2.71. The van der Waals surface area contributed by atoms with Crippen LogP contribution in [0.15, 0.2) is 91.0 Å². The van der Waals surface area contributed by atoms with Crippen molar-refractivity contribution < 1.29 is 9.53 Å². The van der Waals surface area contributed by atoms with Crippen molar-refractivity contribution in [3.63, 3.8) is 0 Å². The van der Waals surface area contributed by atoms with Gasteiger partial charge in [-0.15, -0.1) is 0 Å². The molecule has 0 fully saturated rings. The zero-order valence-electron chi connectivity index (χ0n) is 13.6. The van der Waals surface area contributed by atoms with Crippen LogP contribution in [0.5, 0.6) is 0 Å². The third kappa shape index (κ3) is 3.44. The van der Waals surface area contributed by atoms with E-state index in [4.69, 9.17) is 4.74 Å². The number of methoxy groups -OCH3 is 1. The highest BCUT2D eigenvalue weighted by atomic mass is 16.5. The van der Waals surface area contributed by atoms with Gasteiger partial charge in [-0.3, -0.25) is 4.79 Å². The van der Waals surface area contributed by atoms with Crippen LogP contribution in [0.1, 0.15) is 27.4 Å². The molecule has 2 heteroatoms. The number of ether oxygens (including phenoxy) is 1. The van der Waals surface area contributed by atoms with Crippen LogP contribution in [-0.4, -0.2) is 19.0 Å². The lowest BCUT2D eigenvalue weighted by Crippen LogP contribution is -2.31. The molecule has 0 saturated carbocycles. The molecule has 0 aliphatic heterocycles. The van der Waals surface area contributed by atoms with Crippen molar-refractivity contribution in [1.29, 1.82) is 0 Å². The minimum atomic E-state index is -0.572. The Morgan fingerprint density at radius 1 is 0.708 bits per heavy atom. The van der Waals surface area contributed by atoms with Gasteiger partial charge in [-0.05, 0) is 11.1 Å². The van der Waals surface area contributed by atoms with E-state index < -0.39 is 6.10 Å². The van der Waals surface area contributed by atoms with E-state index in [1.807, 2.05) is 91.0 Å². The van der Waals surface area contributed by atoms with Crippen LogP contribution in [0.25, 0.3) is 0 Å². The van der Waals surface area contributed by atoms with Gasteiger partial charge in [0, 0.05) is 18.6 Å². The van der Waals surface area contributed by atoms with Crippen LogP contribution in [0, 0.1) is 0 Å². The second-order valence-electron chi connectivity index (χ2n) is 5.69. The molecule has 2 nitrogen and oxygen atoms in total. The molecule has 0 bridgehead atoms. The van der Waals surface area contributed by atoms with E-state index in [1.54, 1.807) is 7.11 Å². The molecule has 0 amide bonds. The van der Waals surface area contributed by atoms with Gasteiger partial charge < -0.3 is 4.74 Å². The molecular formula is C22H20O2. The highest BCUT2D eigenvalue weighted by Crippen LogP contribution is 2.31. The molecule has 1 atom stereocenters. The van der Waals surface area contributed by atoms with Gasteiger partial charge in [-0.2, -0.15) is 0 Å². The highest BCUT2D eigenvalue weighted by Gasteiger charge is 2.31. The monoisotopic (exact) mass is 316 g/mol. The molecule has 0 aromatic heterocycles. The first-order valence-electron chi connectivity index (χ1n) is 8.03. The standard InChI is InChI=1S/C22H20O2/c1-24-22(21(23)19-15-9-4-10-16-19)20(17-11-5-2-6-12-17)18-13-7-3-8-14-18/h2-16,20,22H,1H3. The largest absolute Gasteiger partial charge is 0.372 e. The summed E-state index contributed by atoms with van der Waals surface area (Å²) in [7, 11) is 1.60. The van der Waals surface area contributed by atoms with Gasteiger partial charge in [-0.1, -0.05) is 91.0 Å². The average molecular weight is 316 g/mol. The molecule has 0 N–H and O–H groups in total. The molecule has 0 aliphatic carbocycles.